The van der Waals surface area contributed by atoms with Crippen LogP contribution in [0.2, 0.25) is 0 Å². The maximum atomic E-state index is 12.3. The minimum Gasteiger partial charge on any atom is -0.496 e. The number of nitrogens with zero attached hydrogens (tertiary/aromatic N) is 1. The Morgan fingerprint density at radius 1 is 1.47 bits per heavy atom. The van der Waals surface area contributed by atoms with Crippen molar-refractivity contribution in [2.75, 3.05) is 25.7 Å². The normalized spacial score (nSPS) is 16.0. The first kappa shape index (κ1) is 13.9. The van der Waals surface area contributed by atoms with Gasteiger partial charge in [0, 0.05) is 12.7 Å². The van der Waals surface area contributed by atoms with Crippen LogP contribution in [0.1, 0.15) is 25.3 Å². The van der Waals surface area contributed by atoms with Gasteiger partial charge >= 0.3 is 0 Å². The van der Waals surface area contributed by atoms with Gasteiger partial charge in [-0.2, -0.15) is 0 Å². The average molecular weight is 263 g/mol. The molecule has 0 unspecified atom stereocenters. The van der Waals surface area contributed by atoms with Crippen LogP contribution in [0.5, 0.6) is 5.75 Å². The molecule has 1 aliphatic carbocycles. The lowest BCUT2D eigenvalue weighted by molar-refractivity contribution is -0.124. The number of anilines is 1. The number of hydrogen-bond acceptors (Lipinski definition) is 3. The molecule has 0 saturated heterocycles. The van der Waals surface area contributed by atoms with Gasteiger partial charge in [-0.1, -0.05) is 6.92 Å². The fourth-order valence-corrected chi connectivity index (χ4v) is 2.31. The Balaban J connectivity index is 2.24. The van der Waals surface area contributed by atoms with Crippen LogP contribution in [0.4, 0.5) is 5.69 Å². The van der Waals surface area contributed by atoms with Crippen molar-refractivity contribution in [2.24, 2.45) is 5.41 Å². The predicted molar refractivity (Wildman–Crippen MR) is 74.5 cm³/mol. The van der Waals surface area contributed by atoms with Gasteiger partial charge in [-0.05, 0) is 43.0 Å². The molecule has 1 aromatic rings. The number of aryl methyl sites for hydroxylation is 1. The van der Waals surface area contributed by atoms with Crippen LogP contribution in [-0.2, 0) is 11.2 Å². The summed E-state index contributed by atoms with van der Waals surface area (Å²) in [4.78, 5) is 14.0. The number of rotatable bonds is 5. The monoisotopic (exact) mass is 263 g/mol. The zero-order valence-electron chi connectivity index (χ0n) is 11.8. The Kier molecular flexibility index (Phi) is 3.80. The van der Waals surface area contributed by atoms with Gasteiger partial charge in [-0.15, -0.1) is 0 Å². The Labute approximate surface area is 114 Å². The third-order valence-electron chi connectivity index (χ3n) is 3.95. The van der Waals surface area contributed by atoms with Gasteiger partial charge in [0.15, 0.2) is 0 Å². The van der Waals surface area contributed by atoms with Crippen molar-refractivity contribution in [2.45, 2.75) is 26.2 Å². The van der Waals surface area contributed by atoms with Crippen molar-refractivity contribution in [3.8, 4) is 5.75 Å². The van der Waals surface area contributed by atoms with Gasteiger partial charge in [0.2, 0.25) is 5.91 Å². The van der Waals surface area contributed by atoms with Crippen LogP contribution in [0.15, 0.2) is 18.2 Å². The Bertz CT molecular complexity index is 480. The minimum atomic E-state index is -0.527. The molecule has 4 heteroatoms. The highest BCUT2D eigenvalue weighted by atomic mass is 16.5. The van der Waals surface area contributed by atoms with Gasteiger partial charge in [0.1, 0.15) is 5.75 Å². The van der Waals surface area contributed by atoms with E-state index in [1.165, 1.54) is 0 Å². The first-order chi connectivity index (χ1) is 9.07. The van der Waals surface area contributed by atoms with Gasteiger partial charge in [-0.25, -0.2) is 0 Å². The molecule has 0 heterocycles. The summed E-state index contributed by atoms with van der Waals surface area (Å²) in [6.45, 7) is 1.99. The lowest BCUT2D eigenvalue weighted by Crippen LogP contribution is -2.36. The molecule has 2 rings (SSSR count). The molecule has 1 N–H and O–H groups in total. The summed E-state index contributed by atoms with van der Waals surface area (Å²) < 4.78 is 5.29. The van der Waals surface area contributed by atoms with Crippen LogP contribution >= 0.6 is 0 Å². The molecular formula is C15H21NO3. The molecule has 19 heavy (non-hydrogen) atoms. The molecule has 1 aromatic carbocycles. The average Bonchev–Trinajstić information content (AvgIpc) is 3.26. The summed E-state index contributed by atoms with van der Waals surface area (Å²) in [6, 6.07) is 5.74. The quantitative estimate of drug-likeness (QED) is 0.884. The van der Waals surface area contributed by atoms with Crippen LogP contribution in [0.3, 0.4) is 0 Å². The highest BCUT2D eigenvalue weighted by Crippen LogP contribution is 2.47. The lowest BCUT2D eigenvalue weighted by Gasteiger charge is -2.23. The molecule has 0 radical (unpaired) electrons. The van der Waals surface area contributed by atoms with Gasteiger partial charge in [-0.3, -0.25) is 4.79 Å². The molecule has 1 fully saturated rings. The minimum absolute atomic E-state index is 0.00206. The number of ether oxygens (including phenoxy) is 1. The molecule has 0 spiro atoms. The fourth-order valence-electron chi connectivity index (χ4n) is 2.31. The molecule has 1 amide bonds. The number of carbonyl (C=O) groups is 1. The van der Waals surface area contributed by atoms with Crippen molar-refractivity contribution in [3.63, 3.8) is 0 Å². The second kappa shape index (κ2) is 5.21. The van der Waals surface area contributed by atoms with Crippen molar-refractivity contribution in [1.82, 2.24) is 0 Å². The van der Waals surface area contributed by atoms with E-state index in [4.69, 9.17) is 4.74 Å². The molecule has 0 bridgehead atoms. The van der Waals surface area contributed by atoms with Crippen LogP contribution in [0, 0.1) is 5.41 Å². The molecule has 0 aromatic heterocycles. The molecular weight excluding hydrogens is 242 g/mol. The van der Waals surface area contributed by atoms with E-state index in [0.717, 1.165) is 36.3 Å². The number of aliphatic hydroxyl groups is 1. The zero-order valence-corrected chi connectivity index (χ0v) is 11.8. The van der Waals surface area contributed by atoms with E-state index in [0.29, 0.717) is 0 Å². The second-order valence-electron chi connectivity index (χ2n) is 5.15. The van der Waals surface area contributed by atoms with E-state index in [1.807, 2.05) is 18.2 Å². The largest absolute Gasteiger partial charge is 0.496 e. The number of methoxy groups -OCH3 is 1. The summed E-state index contributed by atoms with van der Waals surface area (Å²) in [5.41, 5.74) is 1.40. The van der Waals surface area contributed by atoms with Crippen molar-refractivity contribution in [1.29, 1.82) is 0 Å². The molecule has 1 aliphatic rings. The summed E-state index contributed by atoms with van der Waals surface area (Å²) in [5.74, 6) is 0.845. The number of hydrogen-bond donors (Lipinski definition) is 1. The zero-order chi connectivity index (χ0) is 14.0. The third-order valence-corrected chi connectivity index (χ3v) is 3.95. The Morgan fingerprint density at radius 2 is 2.16 bits per heavy atom. The van der Waals surface area contributed by atoms with Crippen molar-refractivity contribution in [3.05, 3.63) is 23.8 Å². The highest BCUT2D eigenvalue weighted by Gasteiger charge is 2.50. The van der Waals surface area contributed by atoms with E-state index in [9.17, 15) is 9.90 Å². The maximum absolute atomic E-state index is 12.3. The van der Waals surface area contributed by atoms with E-state index in [1.54, 1.807) is 19.1 Å². The second-order valence-corrected chi connectivity index (χ2v) is 5.15. The van der Waals surface area contributed by atoms with Crippen molar-refractivity contribution < 1.29 is 14.6 Å². The molecule has 0 atom stereocenters. The first-order valence-corrected chi connectivity index (χ1v) is 6.64. The van der Waals surface area contributed by atoms with Crippen molar-refractivity contribution >= 4 is 11.6 Å². The first-order valence-electron chi connectivity index (χ1n) is 6.64. The number of carbonyl (C=O) groups excluding carboxylic acids is 1. The van der Waals surface area contributed by atoms with Gasteiger partial charge < -0.3 is 14.7 Å². The molecule has 4 nitrogen and oxygen atoms in total. The molecule has 104 valence electrons. The Morgan fingerprint density at radius 3 is 2.63 bits per heavy atom. The SMILES string of the molecule is CCc1cc(N(C)C(=O)C2(CO)CC2)ccc1OC. The van der Waals surface area contributed by atoms with E-state index >= 15 is 0 Å². The highest BCUT2D eigenvalue weighted by molar-refractivity contribution is 5.99. The lowest BCUT2D eigenvalue weighted by atomic mass is 10.1. The summed E-state index contributed by atoms with van der Waals surface area (Å²) in [6.07, 6.45) is 2.41. The molecule has 1 saturated carbocycles. The molecule has 0 aliphatic heterocycles. The van der Waals surface area contributed by atoms with Gasteiger partial charge in [0.05, 0.1) is 19.1 Å². The predicted octanol–water partition coefficient (Wildman–Crippen LogP) is 1.99. The number of aliphatic hydroxyl groups excluding tert-OH is 1. The van der Waals surface area contributed by atoms with E-state index in [2.05, 4.69) is 6.92 Å². The summed E-state index contributed by atoms with van der Waals surface area (Å²) >= 11 is 0. The third kappa shape index (κ3) is 2.45. The Hall–Kier alpha value is -1.55. The van der Waals surface area contributed by atoms with E-state index < -0.39 is 5.41 Å². The number of benzene rings is 1. The fraction of sp³-hybridized carbons (Fsp3) is 0.533. The number of amides is 1. The maximum Gasteiger partial charge on any atom is 0.235 e. The van der Waals surface area contributed by atoms with Crippen LogP contribution < -0.4 is 9.64 Å². The van der Waals surface area contributed by atoms with Gasteiger partial charge in [0.25, 0.3) is 0 Å². The summed E-state index contributed by atoms with van der Waals surface area (Å²) in [7, 11) is 3.41. The van der Waals surface area contributed by atoms with Crippen LogP contribution in [0.25, 0.3) is 0 Å². The smallest absolute Gasteiger partial charge is 0.235 e. The van der Waals surface area contributed by atoms with Crippen LogP contribution in [-0.4, -0.2) is 31.8 Å². The topological polar surface area (TPSA) is 49.8 Å². The van der Waals surface area contributed by atoms with E-state index in [-0.39, 0.29) is 12.5 Å². The summed E-state index contributed by atoms with van der Waals surface area (Å²) in [5, 5.41) is 9.34. The standard InChI is InChI=1S/C15H21NO3/c1-4-11-9-12(5-6-13(11)19-3)16(2)14(18)15(10-17)7-8-15/h5-6,9,17H,4,7-8,10H2,1-3H3.